The maximum absolute atomic E-state index is 14.1. The largest absolute Gasteiger partial charge is 0.384 e. The van der Waals surface area contributed by atoms with E-state index in [2.05, 4.69) is 4.98 Å². The molecule has 0 fully saturated rings. The normalized spacial score (nSPS) is 13.5. The van der Waals surface area contributed by atoms with Crippen LogP contribution in [0.5, 0.6) is 0 Å². The molecule has 2 aromatic rings. The maximum Gasteiger partial charge on any atom is 0.135 e. The smallest absolute Gasteiger partial charge is 0.135 e. The van der Waals surface area contributed by atoms with Crippen molar-refractivity contribution in [2.24, 2.45) is 5.73 Å². The first-order valence-corrected chi connectivity index (χ1v) is 7.13. The molecule has 1 aliphatic rings. The van der Waals surface area contributed by atoms with Gasteiger partial charge in [-0.2, -0.15) is 0 Å². The van der Waals surface area contributed by atoms with Crippen LogP contribution in [0.25, 0.3) is 11.3 Å². The zero-order chi connectivity index (χ0) is 16.6. The van der Waals surface area contributed by atoms with Crippen molar-refractivity contribution in [3.05, 3.63) is 53.5 Å². The molecule has 3 rings (SSSR count). The van der Waals surface area contributed by atoms with Gasteiger partial charge in [0.1, 0.15) is 29.0 Å². The summed E-state index contributed by atoms with van der Waals surface area (Å²) in [5, 5.41) is 15.4. The predicted octanol–water partition coefficient (Wildman–Crippen LogP) is 2.63. The number of aryl methyl sites for hydroxylation is 1. The van der Waals surface area contributed by atoms with E-state index in [-0.39, 0.29) is 17.1 Å². The van der Waals surface area contributed by atoms with Crippen LogP contribution in [0.15, 0.2) is 30.4 Å². The number of benzene rings is 1. The predicted molar refractivity (Wildman–Crippen MR) is 83.8 cm³/mol. The van der Waals surface area contributed by atoms with Gasteiger partial charge in [-0.3, -0.25) is 10.8 Å². The molecule has 0 bridgehead atoms. The van der Waals surface area contributed by atoms with Crippen LogP contribution in [-0.4, -0.2) is 21.1 Å². The summed E-state index contributed by atoms with van der Waals surface area (Å²) in [6.07, 6.45) is 4.34. The lowest BCUT2D eigenvalue weighted by Gasteiger charge is -2.08. The average Bonchev–Trinajstić information content (AvgIpc) is 3.05. The highest BCUT2D eigenvalue weighted by molar-refractivity contribution is 6.11. The number of nitrogens with zero attached hydrogens (tertiary/aromatic N) is 2. The molecule has 0 aliphatic carbocycles. The van der Waals surface area contributed by atoms with Crippen LogP contribution in [-0.2, 0) is 13.0 Å². The summed E-state index contributed by atoms with van der Waals surface area (Å²) in [4.78, 5) is 4.44. The van der Waals surface area contributed by atoms with E-state index in [0.29, 0.717) is 17.9 Å². The van der Waals surface area contributed by atoms with E-state index in [4.69, 9.17) is 16.6 Å². The van der Waals surface area contributed by atoms with E-state index < -0.39 is 11.6 Å². The average molecular weight is 315 g/mol. The Labute approximate surface area is 131 Å². The first-order valence-electron chi connectivity index (χ1n) is 7.13. The highest BCUT2D eigenvalue weighted by Crippen LogP contribution is 2.30. The Morgan fingerprint density at radius 2 is 2.04 bits per heavy atom. The van der Waals surface area contributed by atoms with Gasteiger partial charge in [0.05, 0.1) is 11.4 Å². The van der Waals surface area contributed by atoms with Crippen molar-refractivity contribution < 1.29 is 8.78 Å². The number of nitrogens with two attached hydrogens (primary N) is 1. The summed E-state index contributed by atoms with van der Waals surface area (Å²) in [6, 6.07) is 3.30. The molecule has 7 heteroatoms. The van der Waals surface area contributed by atoms with Crippen LogP contribution >= 0.6 is 0 Å². The van der Waals surface area contributed by atoms with Crippen molar-refractivity contribution in [2.45, 2.75) is 19.4 Å². The molecule has 0 unspecified atom stereocenters. The third-order valence-corrected chi connectivity index (χ3v) is 3.70. The summed E-state index contributed by atoms with van der Waals surface area (Å²) >= 11 is 0. The number of allylic oxidation sites excluding steroid dienone is 1. The van der Waals surface area contributed by atoms with Gasteiger partial charge >= 0.3 is 0 Å². The molecule has 1 aliphatic heterocycles. The lowest BCUT2D eigenvalue weighted by Crippen LogP contribution is -2.10. The zero-order valence-corrected chi connectivity index (χ0v) is 12.2. The van der Waals surface area contributed by atoms with E-state index in [1.165, 1.54) is 24.3 Å². The Balaban J connectivity index is 2.14. The minimum Gasteiger partial charge on any atom is -0.384 e. The van der Waals surface area contributed by atoms with Crippen molar-refractivity contribution in [3.8, 4) is 11.3 Å². The van der Waals surface area contributed by atoms with Crippen molar-refractivity contribution >= 4 is 11.5 Å². The molecule has 0 amide bonds. The molecule has 4 N–H and O–H groups in total. The Morgan fingerprint density at radius 3 is 2.74 bits per heavy atom. The quantitative estimate of drug-likeness (QED) is 0.598. The molecule has 5 nitrogen and oxygen atoms in total. The van der Waals surface area contributed by atoms with Crippen molar-refractivity contribution in [1.29, 1.82) is 10.8 Å². The lowest BCUT2D eigenvalue weighted by molar-refractivity contribution is 0.585. The zero-order valence-electron chi connectivity index (χ0n) is 12.2. The standard InChI is InChI=1S/C16H15F2N5/c17-9-3-4-10(11(18)8-9)15-16(12(19)5-6-13(20)21)23-7-1-2-14(23)22-15/h3-6,8,19H,1-2,7H2,(H3,20,21)/b6-5-,19-12?. The monoisotopic (exact) mass is 315 g/mol. The minimum atomic E-state index is -0.716. The Bertz CT molecular complexity index is 835. The van der Waals surface area contributed by atoms with E-state index in [0.717, 1.165) is 24.7 Å². The SMILES string of the molecule is N=C(N)/C=C\C(=N)c1c(-c2ccc(F)cc2F)nc2n1CCC2. The van der Waals surface area contributed by atoms with Crippen LogP contribution in [0.3, 0.4) is 0 Å². The summed E-state index contributed by atoms with van der Waals surface area (Å²) < 4.78 is 29.1. The number of aromatic nitrogens is 2. The molecule has 0 spiro atoms. The van der Waals surface area contributed by atoms with Crippen LogP contribution in [0, 0.1) is 22.5 Å². The van der Waals surface area contributed by atoms with Gasteiger partial charge < -0.3 is 10.3 Å². The second-order valence-electron chi connectivity index (χ2n) is 5.31. The molecule has 0 radical (unpaired) electrons. The highest BCUT2D eigenvalue weighted by atomic mass is 19.1. The minimum absolute atomic E-state index is 0.0829. The summed E-state index contributed by atoms with van der Waals surface area (Å²) in [7, 11) is 0. The number of nitrogens with one attached hydrogen (secondary N) is 2. The molecule has 2 heterocycles. The van der Waals surface area contributed by atoms with Gasteiger partial charge in [0.15, 0.2) is 0 Å². The molecular weight excluding hydrogens is 300 g/mol. The number of rotatable bonds is 4. The van der Waals surface area contributed by atoms with Gasteiger partial charge in [0.25, 0.3) is 0 Å². The Kier molecular flexibility index (Phi) is 3.77. The van der Waals surface area contributed by atoms with Gasteiger partial charge in [-0.1, -0.05) is 0 Å². The lowest BCUT2D eigenvalue weighted by atomic mass is 10.1. The molecule has 1 aromatic heterocycles. The molecule has 0 saturated heterocycles. The van der Waals surface area contributed by atoms with Crippen molar-refractivity contribution in [2.75, 3.05) is 0 Å². The van der Waals surface area contributed by atoms with Crippen LogP contribution in [0.2, 0.25) is 0 Å². The fraction of sp³-hybridized carbons (Fsp3) is 0.188. The van der Waals surface area contributed by atoms with E-state index >= 15 is 0 Å². The third-order valence-electron chi connectivity index (χ3n) is 3.70. The summed E-state index contributed by atoms with van der Waals surface area (Å²) in [5.41, 5.74) is 6.29. The second kappa shape index (κ2) is 5.75. The van der Waals surface area contributed by atoms with Crippen molar-refractivity contribution in [1.82, 2.24) is 9.55 Å². The summed E-state index contributed by atoms with van der Waals surface area (Å²) in [5.74, 6) is -0.775. The maximum atomic E-state index is 14.1. The van der Waals surface area contributed by atoms with Gasteiger partial charge in [-0.05, 0) is 30.7 Å². The second-order valence-corrected chi connectivity index (χ2v) is 5.31. The Morgan fingerprint density at radius 1 is 1.26 bits per heavy atom. The van der Waals surface area contributed by atoms with E-state index in [1.54, 1.807) is 0 Å². The molecular formula is C16H15F2N5. The molecule has 23 heavy (non-hydrogen) atoms. The van der Waals surface area contributed by atoms with Gasteiger partial charge in [-0.15, -0.1) is 0 Å². The molecule has 118 valence electrons. The Hall–Kier alpha value is -2.83. The number of amidine groups is 1. The van der Waals surface area contributed by atoms with Crippen molar-refractivity contribution in [3.63, 3.8) is 0 Å². The molecule has 0 atom stereocenters. The number of imidazole rings is 1. The number of hydrogen-bond acceptors (Lipinski definition) is 3. The van der Waals surface area contributed by atoms with Gasteiger partial charge in [0, 0.05) is 24.6 Å². The van der Waals surface area contributed by atoms with Crippen LogP contribution < -0.4 is 5.73 Å². The van der Waals surface area contributed by atoms with Gasteiger partial charge in [-0.25, -0.2) is 13.8 Å². The molecule has 1 aromatic carbocycles. The highest BCUT2D eigenvalue weighted by Gasteiger charge is 2.25. The van der Waals surface area contributed by atoms with Gasteiger partial charge in [0.2, 0.25) is 0 Å². The number of halogens is 2. The van der Waals surface area contributed by atoms with E-state index in [9.17, 15) is 8.78 Å². The fourth-order valence-electron chi connectivity index (χ4n) is 2.72. The first kappa shape index (κ1) is 15.1. The molecule has 0 saturated carbocycles. The van der Waals surface area contributed by atoms with Crippen LogP contribution in [0.1, 0.15) is 17.9 Å². The van der Waals surface area contributed by atoms with Crippen LogP contribution in [0.4, 0.5) is 8.78 Å². The first-order chi connectivity index (χ1) is 11.0. The summed E-state index contributed by atoms with van der Waals surface area (Å²) in [6.45, 7) is 0.691. The topological polar surface area (TPSA) is 91.5 Å². The number of fused-ring (bicyclic) bond motifs is 1. The fourth-order valence-corrected chi connectivity index (χ4v) is 2.72. The number of hydrogen-bond donors (Lipinski definition) is 3. The third kappa shape index (κ3) is 2.77. The van der Waals surface area contributed by atoms with E-state index in [1.807, 2.05) is 4.57 Å².